The molecule has 2 aromatic rings. The van der Waals surface area contributed by atoms with E-state index >= 15 is 0 Å². The number of piperidine rings is 1. The molecule has 0 spiro atoms. The maximum absolute atomic E-state index is 5.26. The number of anilines is 1. The van der Waals surface area contributed by atoms with Crippen molar-refractivity contribution in [1.82, 2.24) is 10.2 Å². The van der Waals surface area contributed by atoms with Crippen LogP contribution in [-0.2, 0) is 16.3 Å². The molecule has 0 unspecified atom stereocenters. The van der Waals surface area contributed by atoms with E-state index in [0.29, 0.717) is 12.8 Å². The summed E-state index contributed by atoms with van der Waals surface area (Å²) in [6, 6.07) is 19.6. The maximum atomic E-state index is 5.26. The third-order valence-electron chi connectivity index (χ3n) is 5.30. The van der Waals surface area contributed by atoms with Crippen molar-refractivity contribution in [2.75, 3.05) is 31.5 Å². The van der Waals surface area contributed by atoms with Crippen LogP contribution in [0.1, 0.15) is 24.0 Å². The van der Waals surface area contributed by atoms with Gasteiger partial charge in [-0.1, -0.05) is 48.0 Å². The number of aliphatic imine (C=N–C) groups is 1. The third-order valence-corrected chi connectivity index (χ3v) is 5.30. The van der Waals surface area contributed by atoms with E-state index in [-0.39, 0.29) is 6.73 Å². The fourth-order valence-corrected chi connectivity index (χ4v) is 3.66. The standard InChI is InChI=1S/C22H28N4O2/c1-18-7-9-19(10-8-18)15-26-17-28-27-16-23-22(26)24-20-11-13-25(14-12-20)21-5-3-2-4-6-21/h2-10,20H,11-17H2,1H3,(H,23,24). The Hall–Kier alpha value is -2.57. The van der Waals surface area contributed by atoms with Gasteiger partial charge in [0.1, 0.15) is 0 Å². The second-order valence-electron chi connectivity index (χ2n) is 7.40. The van der Waals surface area contributed by atoms with Crippen molar-refractivity contribution in [2.24, 2.45) is 4.99 Å². The molecular weight excluding hydrogens is 352 g/mol. The summed E-state index contributed by atoms with van der Waals surface area (Å²) >= 11 is 0. The smallest absolute Gasteiger partial charge is 0.198 e. The molecule has 0 aliphatic carbocycles. The number of hydrogen-bond donors (Lipinski definition) is 1. The summed E-state index contributed by atoms with van der Waals surface area (Å²) in [5, 5.41) is 3.64. The number of rotatable bonds is 4. The van der Waals surface area contributed by atoms with Crippen LogP contribution in [0.2, 0.25) is 0 Å². The zero-order valence-corrected chi connectivity index (χ0v) is 16.4. The van der Waals surface area contributed by atoms with Gasteiger partial charge in [-0.05, 0) is 37.5 Å². The van der Waals surface area contributed by atoms with Crippen LogP contribution in [0.3, 0.4) is 0 Å². The van der Waals surface area contributed by atoms with Gasteiger partial charge in [0.25, 0.3) is 0 Å². The fraction of sp³-hybridized carbons (Fsp3) is 0.409. The lowest BCUT2D eigenvalue weighted by Gasteiger charge is -2.35. The zero-order chi connectivity index (χ0) is 19.2. The van der Waals surface area contributed by atoms with Gasteiger partial charge in [0.05, 0.1) is 0 Å². The van der Waals surface area contributed by atoms with Crippen LogP contribution in [0.25, 0.3) is 0 Å². The van der Waals surface area contributed by atoms with Crippen LogP contribution in [0.4, 0.5) is 5.69 Å². The predicted molar refractivity (Wildman–Crippen MR) is 111 cm³/mol. The minimum atomic E-state index is 0.218. The van der Waals surface area contributed by atoms with Crippen molar-refractivity contribution in [3.63, 3.8) is 0 Å². The largest absolute Gasteiger partial charge is 0.371 e. The van der Waals surface area contributed by atoms with E-state index in [9.17, 15) is 0 Å². The second kappa shape index (κ2) is 9.08. The monoisotopic (exact) mass is 380 g/mol. The van der Waals surface area contributed by atoms with Crippen LogP contribution < -0.4 is 10.2 Å². The van der Waals surface area contributed by atoms with Crippen molar-refractivity contribution in [3.05, 3.63) is 65.7 Å². The maximum Gasteiger partial charge on any atom is 0.198 e. The van der Waals surface area contributed by atoms with Crippen molar-refractivity contribution >= 4 is 11.6 Å². The van der Waals surface area contributed by atoms with Gasteiger partial charge in [-0.25, -0.2) is 14.8 Å². The average molecular weight is 380 g/mol. The van der Waals surface area contributed by atoms with Crippen LogP contribution in [0.15, 0.2) is 59.6 Å². The summed E-state index contributed by atoms with van der Waals surface area (Å²) in [5.41, 5.74) is 3.79. The van der Waals surface area contributed by atoms with Crippen molar-refractivity contribution in [3.8, 4) is 0 Å². The SMILES string of the molecule is Cc1ccc(CN2COOCN=C2NC2CCN(c3ccccc3)CC2)cc1. The Morgan fingerprint density at radius 1 is 1.00 bits per heavy atom. The van der Waals surface area contributed by atoms with Gasteiger partial charge in [0.2, 0.25) is 0 Å². The van der Waals surface area contributed by atoms with Gasteiger partial charge in [0.15, 0.2) is 19.4 Å². The molecule has 2 aromatic carbocycles. The molecule has 0 aromatic heterocycles. The summed E-state index contributed by atoms with van der Waals surface area (Å²) in [5.74, 6) is 0.858. The molecule has 2 aliphatic heterocycles. The van der Waals surface area contributed by atoms with Gasteiger partial charge >= 0.3 is 0 Å². The van der Waals surface area contributed by atoms with Gasteiger partial charge in [-0.3, -0.25) is 0 Å². The van der Waals surface area contributed by atoms with Crippen LogP contribution >= 0.6 is 0 Å². The molecule has 6 nitrogen and oxygen atoms in total. The molecule has 0 radical (unpaired) electrons. The molecule has 1 fully saturated rings. The number of aryl methyl sites for hydroxylation is 1. The summed E-state index contributed by atoms with van der Waals surface area (Å²) in [4.78, 5) is 19.5. The van der Waals surface area contributed by atoms with E-state index < -0.39 is 0 Å². The lowest BCUT2D eigenvalue weighted by Crippen LogP contribution is -2.50. The predicted octanol–water partition coefficient (Wildman–Crippen LogP) is 3.29. The first-order valence-corrected chi connectivity index (χ1v) is 9.94. The molecule has 2 heterocycles. The Labute approximate surface area is 166 Å². The molecule has 148 valence electrons. The Morgan fingerprint density at radius 2 is 1.75 bits per heavy atom. The van der Waals surface area contributed by atoms with Gasteiger partial charge in [-0.15, -0.1) is 0 Å². The zero-order valence-electron chi connectivity index (χ0n) is 16.4. The highest BCUT2D eigenvalue weighted by Gasteiger charge is 2.23. The molecule has 4 rings (SSSR count). The number of hydrogen-bond acceptors (Lipinski definition) is 6. The number of guanidine groups is 1. The molecule has 6 heteroatoms. The van der Waals surface area contributed by atoms with Gasteiger partial charge < -0.3 is 15.1 Å². The number of nitrogens with one attached hydrogen (secondary N) is 1. The minimum Gasteiger partial charge on any atom is -0.371 e. The second-order valence-corrected chi connectivity index (χ2v) is 7.40. The normalized spacial score (nSPS) is 18.5. The molecule has 0 atom stereocenters. The molecule has 1 N–H and O–H groups in total. The number of para-hydroxylation sites is 1. The van der Waals surface area contributed by atoms with Crippen molar-refractivity contribution < 1.29 is 9.78 Å². The first-order chi connectivity index (χ1) is 13.8. The summed E-state index contributed by atoms with van der Waals surface area (Å²) in [7, 11) is 0. The Morgan fingerprint density at radius 3 is 2.50 bits per heavy atom. The van der Waals surface area contributed by atoms with E-state index in [1.54, 1.807) is 0 Å². The molecule has 0 amide bonds. The lowest BCUT2D eigenvalue weighted by molar-refractivity contribution is -0.304. The first kappa shape index (κ1) is 18.8. The minimum absolute atomic E-state index is 0.218. The van der Waals surface area contributed by atoms with Crippen molar-refractivity contribution in [1.29, 1.82) is 0 Å². The van der Waals surface area contributed by atoms with Crippen LogP contribution in [0.5, 0.6) is 0 Å². The van der Waals surface area contributed by atoms with Gasteiger partial charge in [-0.2, -0.15) is 0 Å². The Bertz CT molecular complexity index is 771. The van der Waals surface area contributed by atoms with Crippen LogP contribution in [0, 0.1) is 6.92 Å². The molecule has 0 saturated carbocycles. The highest BCUT2D eigenvalue weighted by molar-refractivity contribution is 5.80. The average Bonchev–Trinajstić information content (AvgIpc) is 2.96. The lowest BCUT2D eigenvalue weighted by atomic mass is 10.0. The molecular formula is C22H28N4O2. The number of benzene rings is 2. The van der Waals surface area contributed by atoms with Crippen LogP contribution in [-0.4, -0.2) is 43.5 Å². The van der Waals surface area contributed by atoms with E-state index in [4.69, 9.17) is 9.78 Å². The van der Waals surface area contributed by atoms with E-state index in [0.717, 1.165) is 38.4 Å². The Kier molecular flexibility index (Phi) is 6.09. The number of nitrogens with zero attached hydrogens (tertiary/aromatic N) is 3. The Balaban J connectivity index is 1.36. The molecule has 1 saturated heterocycles. The quantitative estimate of drug-likeness (QED) is 0.825. The summed E-state index contributed by atoms with van der Waals surface area (Å²) in [6.45, 7) is 5.50. The van der Waals surface area contributed by atoms with E-state index in [1.165, 1.54) is 16.8 Å². The molecule has 28 heavy (non-hydrogen) atoms. The van der Waals surface area contributed by atoms with Gasteiger partial charge in [0, 0.05) is 31.4 Å². The van der Waals surface area contributed by atoms with E-state index in [2.05, 4.69) is 81.6 Å². The van der Waals surface area contributed by atoms with E-state index in [1.807, 2.05) is 0 Å². The summed E-state index contributed by atoms with van der Waals surface area (Å²) in [6.07, 6.45) is 2.15. The summed E-state index contributed by atoms with van der Waals surface area (Å²) < 4.78 is 0. The fourth-order valence-electron chi connectivity index (χ4n) is 3.66. The topological polar surface area (TPSA) is 49.3 Å². The molecule has 2 aliphatic rings. The molecule has 0 bridgehead atoms. The van der Waals surface area contributed by atoms with Crippen molar-refractivity contribution in [2.45, 2.75) is 32.4 Å². The highest BCUT2D eigenvalue weighted by Crippen LogP contribution is 2.20. The highest BCUT2D eigenvalue weighted by atomic mass is 17.2. The third kappa shape index (κ3) is 4.82. The first-order valence-electron chi connectivity index (χ1n) is 9.94.